The van der Waals surface area contributed by atoms with E-state index >= 15 is 0 Å². The summed E-state index contributed by atoms with van der Waals surface area (Å²) >= 11 is 0. The highest BCUT2D eigenvalue weighted by Crippen LogP contribution is 2.25. The minimum absolute atomic E-state index is 0.316. The van der Waals surface area contributed by atoms with Gasteiger partial charge >= 0.3 is 0 Å². The van der Waals surface area contributed by atoms with Crippen LogP contribution in [0.5, 0.6) is 5.75 Å². The van der Waals surface area contributed by atoms with Crippen LogP contribution >= 0.6 is 0 Å². The van der Waals surface area contributed by atoms with Gasteiger partial charge in [0.1, 0.15) is 5.75 Å². The molecular formula is C24H29N3O. The topological polar surface area (TPSA) is 38.7 Å². The highest BCUT2D eigenvalue weighted by atomic mass is 16.3. The Balaban J connectivity index is 1.39. The number of phenols is 1. The summed E-state index contributed by atoms with van der Waals surface area (Å²) in [5, 5.41) is 15.8. The Labute approximate surface area is 167 Å². The van der Waals surface area contributed by atoms with Crippen LogP contribution in [0.15, 0.2) is 60.7 Å². The van der Waals surface area contributed by atoms with Gasteiger partial charge in [0.25, 0.3) is 0 Å². The number of fused-ring (bicyclic) bond motifs is 1. The van der Waals surface area contributed by atoms with Crippen molar-refractivity contribution in [3.05, 3.63) is 71.8 Å². The summed E-state index contributed by atoms with van der Waals surface area (Å²) in [5.41, 5.74) is 3.60. The van der Waals surface area contributed by atoms with Crippen molar-refractivity contribution < 1.29 is 5.11 Å². The lowest BCUT2D eigenvalue weighted by Crippen LogP contribution is -2.45. The summed E-state index contributed by atoms with van der Waals surface area (Å²) in [4.78, 5) is 4.95. The molecule has 0 spiro atoms. The zero-order valence-electron chi connectivity index (χ0n) is 16.6. The summed E-state index contributed by atoms with van der Waals surface area (Å²) in [6.45, 7) is 6.47. The van der Waals surface area contributed by atoms with Crippen molar-refractivity contribution in [2.24, 2.45) is 0 Å². The van der Waals surface area contributed by atoms with Gasteiger partial charge in [-0.15, -0.1) is 0 Å². The highest BCUT2D eigenvalue weighted by molar-refractivity contribution is 5.87. The van der Waals surface area contributed by atoms with E-state index in [-0.39, 0.29) is 0 Å². The molecule has 0 bridgehead atoms. The van der Waals surface area contributed by atoms with Gasteiger partial charge in [-0.3, -0.25) is 0 Å². The standard InChI is InChI=1S/C24H29N3O/c1-26-11-13-27(14-12-26)10-9-19-5-4-7-22(15-19)25-18-21-17-23(28)16-20-6-2-3-8-24(20)21/h2-8,15-17,25,28H,9-14,18H2,1H3. The Hall–Kier alpha value is -2.56. The highest BCUT2D eigenvalue weighted by Gasteiger charge is 2.13. The van der Waals surface area contributed by atoms with Gasteiger partial charge in [0.05, 0.1) is 0 Å². The molecule has 0 atom stereocenters. The Morgan fingerprint density at radius 2 is 1.75 bits per heavy atom. The van der Waals surface area contributed by atoms with Crippen LogP contribution in [0.2, 0.25) is 0 Å². The first-order chi connectivity index (χ1) is 13.7. The fourth-order valence-electron chi connectivity index (χ4n) is 3.91. The first-order valence-corrected chi connectivity index (χ1v) is 10.1. The Morgan fingerprint density at radius 1 is 0.929 bits per heavy atom. The molecule has 0 aliphatic carbocycles. The van der Waals surface area contributed by atoms with Gasteiger partial charge in [-0.2, -0.15) is 0 Å². The Bertz CT molecular complexity index is 932. The maximum atomic E-state index is 10.0. The van der Waals surface area contributed by atoms with Gasteiger partial charge in [0, 0.05) is 45.0 Å². The fraction of sp³-hybridized carbons (Fsp3) is 0.333. The van der Waals surface area contributed by atoms with Crippen molar-refractivity contribution in [1.29, 1.82) is 0 Å². The normalized spacial score (nSPS) is 15.8. The van der Waals surface area contributed by atoms with Crippen LogP contribution in [0.1, 0.15) is 11.1 Å². The van der Waals surface area contributed by atoms with E-state index in [9.17, 15) is 5.11 Å². The molecule has 1 fully saturated rings. The van der Waals surface area contributed by atoms with Gasteiger partial charge < -0.3 is 20.2 Å². The van der Waals surface area contributed by atoms with Crippen molar-refractivity contribution in [3.63, 3.8) is 0 Å². The number of phenolic OH excluding ortho intramolecular Hbond substituents is 1. The zero-order valence-corrected chi connectivity index (χ0v) is 16.6. The Kier molecular flexibility index (Phi) is 5.79. The third-order valence-electron chi connectivity index (χ3n) is 5.65. The second kappa shape index (κ2) is 8.63. The second-order valence-corrected chi connectivity index (χ2v) is 7.77. The number of hydrogen-bond acceptors (Lipinski definition) is 4. The van der Waals surface area contributed by atoms with E-state index in [1.54, 1.807) is 0 Å². The molecule has 0 unspecified atom stereocenters. The third-order valence-corrected chi connectivity index (χ3v) is 5.65. The van der Waals surface area contributed by atoms with Gasteiger partial charge in [-0.05, 0) is 59.6 Å². The summed E-state index contributed by atoms with van der Waals surface area (Å²) in [6.07, 6.45) is 1.08. The lowest BCUT2D eigenvalue weighted by Gasteiger charge is -2.32. The largest absolute Gasteiger partial charge is 0.508 e. The molecular weight excluding hydrogens is 346 g/mol. The summed E-state index contributed by atoms with van der Waals surface area (Å²) in [5.74, 6) is 0.316. The monoisotopic (exact) mass is 375 g/mol. The summed E-state index contributed by atoms with van der Waals surface area (Å²) < 4.78 is 0. The van der Waals surface area contributed by atoms with Gasteiger partial charge in [0.2, 0.25) is 0 Å². The van der Waals surface area contributed by atoms with Crippen LogP contribution < -0.4 is 5.32 Å². The lowest BCUT2D eigenvalue weighted by atomic mass is 10.0. The van der Waals surface area contributed by atoms with Crippen LogP contribution in [0.3, 0.4) is 0 Å². The molecule has 3 aromatic rings. The van der Waals surface area contributed by atoms with E-state index in [1.165, 1.54) is 37.1 Å². The number of anilines is 1. The average Bonchev–Trinajstić information content (AvgIpc) is 2.72. The predicted octanol–water partition coefficient (Wildman–Crippen LogP) is 3.95. The van der Waals surface area contributed by atoms with Crippen LogP contribution in [0, 0.1) is 0 Å². The number of rotatable bonds is 6. The van der Waals surface area contributed by atoms with Gasteiger partial charge in [-0.25, -0.2) is 0 Å². The second-order valence-electron chi connectivity index (χ2n) is 7.77. The molecule has 2 N–H and O–H groups in total. The van der Waals surface area contributed by atoms with E-state index in [0.717, 1.165) is 29.6 Å². The minimum Gasteiger partial charge on any atom is -0.508 e. The SMILES string of the molecule is CN1CCN(CCc2cccc(NCc3cc(O)cc4ccccc34)c2)CC1. The molecule has 1 aliphatic rings. The molecule has 4 nitrogen and oxygen atoms in total. The predicted molar refractivity (Wildman–Crippen MR) is 117 cm³/mol. The number of benzene rings is 3. The van der Waals surface area contributed by atoms with E-state index in [4.69, 9.17) is 0 Å². The number of likely N-dealkylation sites (N-methyl/N-ethyl adjacent to an activating group) is 1. The van der Waals surface area contributed by atoms with E-state index in [2.05, 4.69) is 52.5 Å². The third kappa shape index (κ3) is 4.64. The maximum absolute atomic E-state index is 10.0. The van der Waals surface area contributed by atoms with E-state index in [0.29, 0.717) is 12.3 Å². The smallest absolute Gasteiger partial charge is 0.116 e. The first-order valence-electron chi connectivity index (χ1n) is 10.1. The molecule has 1 heterocycles. The van der Waals surface area contributed by atoms with Crippen molar-refractivity contribution in [1.82, 2.24) is 9.80 Å². The molecule has 3 aromatic carbocycles. The van der Waals surface area contributed by atoms with Crippen LogP contribution in [0.25, 0.3) is 10.8 Å². The average molecular weight is 376 g/mol. The molecule has 4 rings (SSSR count). The van der Waals surface area contributed by atoms with Crippen molar-refractivity contribution in [3.8, 4) is 5.75 Å². The van der Waals surface area contributed by atoms with Crippen LogP contribution in [-0.4, -0.2) is 54.7 Å². The number of nitrogens with one attached hydrogen (secondary N) is 1. The van der Waals surface area contributed by atoms with Crippen molar-refractivity contribution in [2.75, 3.05) is 45.1 Å². The molecule has 4 heteroatoms. The van der Waals surface area contributed by atoms with Gasteiger partial charge in [0.15, 0.2) is 0 Å². The van der Waals surface area contributed by atoms with Crippen molar-refractivity contribution in [2.45, 2.75) is 13.0 Å². The molecule has 1 saturated heterocycles. The molecule has 0 aromatic heterocycles. The minimum atomic E-state index is 0.316. The number of hydrogen-bond donors (Lipinski definition) is 2. The number of nitrogens with zero attached hydrogens (tertiary/aromatic N) is 2. The van der Waals surface area contributed by atoms with E-state index in [1.807, 2.05) is 30.3 Å². The van der Waals surface area contributed by atoms with E-state index < -0.39 is 0 Å². The molecule has 0 amide bonds. The fourth-order valence-corrected chi connectivity index (χ4v) is 3.91. The Morgan fingerprint density at radius 3 is 2.61 bits per heavy atom. The molecule has 0 saturated carbocycles. The lowest BCUT2D eigenvalue weighted by molar-refractivity contribution is 0.155. The molecule has 0 radical (unpaired) electrons. The van der Waals surface area contributed by atoms with Crippen LogP contribution in [-0.2, 0) is 13.0 Å². The van der Waals surface area contributed by atoms with Crippen LogP contribution in [0.4, 0.5) is 5.69 Å². The van der Waals surface area contributed by atoms with Crippen molar-refractivity contribution >= 4 is 16.5 Å². The van der Waals surface area contributed by atoms with Gasteiger partial charge in [-0.1, -0.05) is 36.4 Å². The zero-order chi connectivity index (χ0) is 19.3. The summed E-state index contributed by atoms with van der Waals surface area (Å²) in [7, 11) is 2.20. The quantitative estimate of drug-likeness (QED) is 0.684. The molecule has 28 heavy (non-hydrogen) atoms. The summed E-state index contributed by atoms with van der Waals surface area (Å²) in [6, 6.07) is 20.6. The maximum Gasteiger partial charge on any atom is 0.116 e. The number of piperazine rings is 1. The number of aromatic hydroxyl groups is 1. The molecule has 146 valence electrons. The first kappa shape index (κ1) is 18.8. The molecule has 1 aliphatic heterocycles.